The van der Waals surface area contributed by atoms with Crippen molar-refractivity contribution in [1.82, 2.24) is 10.2 Å². The van der Waals surface area contributed by atoms with Crippen LogP contribution in [0.3, 0.4) is 0 Å². The van der Waals surface area contributed by atoms with E-state index in [9.17, 15) is 9.18 Å². The van der Waals surface area contributed by atoms with Gasteiger partial charge in [0.2, 0.25) is 5.91 Å². The Hall–Kier alpha value is -0.780. The van der Waals surface area contributed by atoms with Crippen LogP contribution in [0, 0.1) is 11.7 Å². The lowest BCUT2D eigenvalue weighted by molar-refractivity contribution is -0.126. The van der Waals surface area contributed by atoms with Gasteiger partial charge in [-0.2, -0.15) is 11.8 Å². The van der Waals surface area contributed by atoms with Gasteiger partial charge in [-0.15, -0.1) is 0 Å². The van der Waals surface area contributed by atoms with E-state index in [2.05, 4.69) is 10.2 Å². The van der Waals surface area contributed by atoms with Crippen LogP contribution in [-0.2, 0) is 11.3 Å². The van der Waals surface area contributed by atoms with Crippen LogP contribution >= 0.6 is 23.4 Å². The van der Waals surface area contributed by atoms with E-state index >= 15 is 0 Å². The molecule has 150 valence electrons. The summed E-state index contributed by atoms with van der Waals surface area (Å²) in [7, 11) is 0. The summed E-state index contributed by atoms with van der Waals surface area (Å²) in [6.07, 6.45) is 8.48. The molecule has 0 spiro atoms. The maximum atomic E-state index is 13.9. The highest BCUT2D eigenvalue weighted by molar-refractivity contribution is 7.99. The Morgan fingerprint density at radius 1 is 1.19 bits per heavy atom. The molecule has 6 heteroatoms. The van der Waals surface area contributed by atoms with Gasteiger partial charge in [-0.25, -0.2) is 4.39 Å². The van der Waals surface area contributed by atoms with Crippen molar-refractivity contribution in [2.75, 3.05) is 25.4 Å². The van der Waals surface area contributed by atoms with Crippen LogP contribution in [-0.4, -0.2) is 41.4 Å². The number of halogens is 2. The van der Waals surface area contributed by atoms with Crippen LogP contribution in [0.15, 0.2) is 18.2 Å². The Labute approximate surface area is 171 Å². The molecule has 27 heavy (non-hydrogen) atoms. The second kappa shape index (κ2) is 10.7. The van der Waals surface area contributed by atoms with E-state index in [4.69, 9.17) is 11.6 Å². The fraction of sp³-hybridized carbons (Fsp3) is 0.667. The fourth-order valence-electron chi connectivity index (χ4n) is 4.02. The highest BCUT2D eigenvalue weighted by atomic mass is 35.5. The van der Waals surface area contributed by atoms with E-state index in [1.54, 1.807) is 12.1 Å². The number of amides is 1. The lowest BCUT2D eigenvalue weighted by Gasteiger charge is -2.31. The Morgan fingerprint density at radius 3 is 2.63 bits per heavy atom. The second-order valence-corrected chi connectivity index (χ2v) is 9.55. The molecule has 1 saturated carbocycles. The standard InChI is InChI=1S/C21H30ClFN2OS/c22-18-7-6-17(20(23)14-18)15-25-11-8-16(9-12-25)21(26)24-10-13-27-19-4-2-1-3-5-19/h6-7,14,16,19H,1-5,8-13,15H2,(H,24,26). The molecule has 1 N–H and O–H groups in total. The Balaban J connectivity index is 1.32. The van der Waals surface area contributed by atoms with Gasteiger partial charge >= 0.3 is 0 Å². The molecule has 1 aromatic rings. The van der Waals surface area contributed by atoms with E-state index in [0.717, 1.165) is 43.5 Å². The van der Waals surface area contributed by atoms with Gasteiger partial charge in [0.05, 0.1) is 0 Å². The van der Waals surface area contributed by atoms with Crippen molar-refractivity contribution >= 4 is 29.3 Å². The van der Waals surface area contributed by atoms with E-state index in [-0.39, 0.29) is 17.6 Å². The molecule has 0 atom stereocenters. The summed E-state index contributed by atoms with van der Waals surface area (Å²) in [5.41, 5.74) is 0.669. The largest absolute Gasteiger partial charge is 0.355 e. The number of rotatable bonds is 7. The predicted octanol–water partition coefficient (Wildman–Crippen LogP) is 4.87. The molecule has 3 rings (SSSR count). The zero-order valence-corrected chi connectivity index (χ0v) is 17.5. The van der Waals surface area contributed by atoms with Gasteiger partial charge in [-0.05, 0) is 50.9 Å². The van der Waals surface area contributed by atoms with Crippen LogP contribution < -0.4 is 5.32 Å². The minimum Gasteiger partial charge on any atom is -0.355 e. The SMILES string of the molecule is O=C(NCCSC1CCCCC1)C1CCN(Cc2ccc(Cl)cc2F)CC1. The third-order valence-electron chi connectivity index (χ3n) is 5.67. The van der Waals surface area contributed by atoms with Gasteiger partial charge in [0.25, 0.3) is 0 Å². The first-order valence-electron chi connectivity index (χ1n) is 10.2. The normalized spacial score (nSPS) is 19.9. The molecule has 1 amide bonds. The molecule has 0 aromatic heterocycles. The molecule has 0 unspecified atom stereocenters. The second-order valence-electron chi connectivity index (χ2n) is 7.71. The summed E-state index contributed by atoms with van der Waals surface area (Å²) < 4.78 is 13.9. The molecule has 1 aliphatic heterocycles. The van der Waals surface area contributed by atoms with Crippen molar-refractivity contribution in [3.63, 3.8) is 0 Å². The minimum absolute atomic E-state index is 0.0935. The van der Waals surface area contributed by atoms with Crippen LogP contribution in [0.5, 0.6) is 0 Å². The number of thioether (sulfide) groups is 1. The molecular weight excluding hydrogens is 383 g/mol. The first-order chi connectivity index (χ1) is 13.1. The summed E-state index contributed by atoms with van der Waals surface area (Å²) in [6, 6.07) is 4.84. The third kappa shape index (κ3) is 6.65. The fourth-order valence-corrected chi connectivity index (χ4v) is 5.40. The molecule has 1 heterocycles. The number of piperidine rings is 1. The van der Waals surface area contributed by atoms with Gasteiger partial charge in [-0.3, -0.25) is 9.69 Å². The highest BCUT2D eigenvalue weighted by Gasteiger charge is 2.25. The lowest BCUT2D eigenvalue weighted by atomic mass is 9.95. The zero-order valence-electron chi connectivity index (χ0n) is 15.9. The predicted molar refractivity (Wildman–Crippen MR) is 112 cm³/mol. The van der Waals surface area contributed by atoms with E-state index < -0.39 is 0 Å². The number of benzene rings is 1. The number of carbonyl (C=O) groups is 1. The Morgan fingerprint density at radius 2 is 1.93 bits per heavy atom. The quantitative estimate of drug-likeness (QED) is 0.648. The van der Waals surface area contributed by atoms with E-state index in [1.807, 2.05) is 11.8 Å². The Kier molecular flexibility index (Phi) is 8.28. The van der Waals surface area contributed by atoms with Gasteiger partial charge < -0.3 is 5.32 Å². The number of hydrogen-bond acceptors (Lipinski definition) is 3. The van der Waals surface area contributed by atoms with Crippen molar-refractivity contribution in [3.8, 4) is 0 Å². The lowest BCUT2D eigenvalue weighted by Crippen LogP contribution is -2.40. The molecule has 2 aliphatic rings. The van der Waals surface area contributed by atoms with Crippen LogP contribution in [0.25, 0.3) is 0 Å². The van der Waals surface area contributed by atoms with Crippen LogP contribution in [0.1, 0.15) is 50.5 Å². The van der Waals surface area contributed by atoms with Gasteiger partial charge in [-0.1, -0.05) is 36.9 Å². The van der Waals surface area contributed by atoms with Gasteiger partial charge in [0, 0.05) is 40.6 Å². The molecule has 2 fully saturated rings. The van der Waals surface area contributed by atoms with Crippen molar-refractivity contribution in [2.24, 2.45) is 5.92 Å². The van der Waals surface area contributed by atoms with Gasteiger partial charge in [0.1, 0.15) is 5.82 Å². The molecule has 1 saturated heterocycles. The van der Waals surface area contributed by atoms with Crippen molar-refractivity contribution < 1.29 is 9.18 Å². The van der Waals surface area contributed by atoms with Crippen molar-refractivity contribution in [1.29, 1.82) is 0 Å². The third-order valence-corrected chi connectivity index (χ3v) is 7.29. The maximum Gasteiger partial charge on any atom is 0.223 e. The topological polar surface area (TPSA) is 32.3 Å². The van der Waals surface area contributed by atoms with E-state index in [0.29, 0.717) is 17.1 Å². The molecule has 0 bridgehead atoms. The van der Waals surface area contributed by atoms with Crippen molar-refractivity contribution in [3.05, 3.63) is 34.6 Å². The number of likely N-dealkylation sites (tertiary alicyclic amines) is 1. The smallest absolute Gasteiger partial charge is 0.223 e. The zero-order chi connectivity index (χ0) is 19.1. The summed E-state index contributed by atoms with van der Waals surface area (Å²) in [4.78, 5) is 14.6. The number of nitrogens with one attached hydrogen (secondary N) is 1. The van der Waals surface area contributed by atoms with E-state index in [1.165, 1.54) is 38.2 Å². The summed E-state index contributed by atoms with van der Waals surface area (Å²) >= 11 is 7.83. The first kappa shape index (κ1) is 20.9. The molecule has 1 aromatic carbocycles. The van der Waals surface area contributed by atoms with Gasteiger partial charge in [0.15, 0.2) is 0 Å². The van der Waals surface area contributed by atoms with Crippen molar-refractivity contribution in [2.45, 2.75) is 56.7 Å². The molecular formula is C21H30ClFN2OS. The van der Waals surface area contributed by atoms with Crippen LogP contribution in [0.2, 0.25) is 5.02 Å². The summed E-state index contributed by atoms with van der Waals surface area (Å²) in [5.74, 6) is 1.05. The maximum absolute atomic E-state index is 13.9. The first-order valence-corrected chi connectivity index (χ1v) is 11.6. The van der Waals surface area contributed by atoms with Crippen LogP contribution in [0.4, 0.5) is 4.39 Å². The average Bonchev–Trinajstić information content (AvgIpc) is 2.69. The average molecular weight is 413 g/mol. The Bertz CT molecular complexity index is 616. The number of nitrogens with zero attached hydrogens (tertiary/aromatic N) is 1. The molecule has 0 radical (unpaired) electrons. The minimum atomic E-state index is -0.252. The molecule has 1 aliphatic carbocycles. The monoisotopic (exact) mass is 412 g/mol. The highest BCUT2D eigenvalue weighted by Crippen LogP contribution is 2.28. The number of carbonyl (C=O) groups excluding carboxylic acids is 1. The number of hydrogen-bond donors (Lipinski definition) is 1. The summed E-state index contributed by atoms with van der Waals surface area (Å²) in [5, 5.41) is 4.34. The summed E-state index contributed by atoms with van der Waals surface area (Å²) in [6.45, 7) is 3.01. The molecule has 3 nitrogen and oxygen atoms in total.